The van der Waals surface area contributed by atoms with Crippen molar-refractivity contribution in [3.63, 3.8) is 0 Å². The van der Waals surface area contributed by atoms with Crippen LogP contribution in [-0.4, -0.2) is 31.9 Å². The Labute approximate surface area is 219 Å². The lowest BCUT2D eigenvalue weighted by molar-refractivity contribution is -0.0542. The van der Waals surface area contributed by atoms with Gasteiger partial charge >= 0.3 is 6.03 Å². The third-order valence-corrected chi connectivity index (χ3v) is 6.77. The minimum absolute atomic E-state index is 0.234. The van der Waals surface area contributed by atoms with Crippen LogP contribution in [0, 0.1) is 0 Å². The number of aromatic nitrogens is 2. The van der Waals surface area contributed by atoms with Gasteiger partial charge in [-0.1, -0.05) is 84.9 Å². The second kappa shape index (κ2) is 9.49. The van der Waals surface area contributed by atoms with Crippen LogP contribution in [0.15, 0.2) is 103 Å². The number of hydrogen-bond donors (Lipinski definition) is 4. The van der Waals surface area contributed by atoms with Crippen LogP contribution in [0.5, 0.6) is 0 Å². The van der Waals surface area contributed by atoms with Crippen molar-refractivity contribution < 1.29 is 14.7 Å². The van der Waals surface area contributed by atoms with Crippen molar-refractivity contribution in [1.29, 1.82) is 0 Å². The minimum atomic E-state index is -1.68. The number of carbonyl (C=O) groups excluding carboxylic acids is 2. The molecule has 2 heterocycles. The van der Waals surface area contributed by atoms with E-state index < -0.39 is 11.8 Å². The summed E-state index contributed by atoms with van der Waals surface area (Å²) in [7, 11) is 0. The SMILES string of the molecule is O=C(NCc1ccccc1)Nc1nc2cc(C3(O)c4ccccc4C(=O)N3Cc3ccccc3)ccc2[nH]1. The largest absolute Gasteiger partial charge is 0.363 e. The molecule has 1 aromatic heterocycles. The number of benzene rings is 4. The summed E-state index contributed by atoms with van der Waals surface area (Å²) in [4.78, 5) is 34.9. The number of fused-ring (bicyclic) bond motifs is 2. The molecule has 0 bridgehead atoms. The molecule has 1 atom stereocenters. The standard InChI is InChI=1S/C30H25N5O3/c36-27-23-13-7-8-14-24(23)30(38,35(27)19-21-11-5-2-6-12-21)22-15-16-25-26(17-22)33-28(32-25)34-29(37)31-18-20-9-3-1-4-10-20/h1-17,38H,18-19H2,(H3,31,32,33,34,37). The fourth-order valence-electron chi connectivity index (χ4n) is 4.89. The summed E-state index contributed by atoms with van der Waals surface area (Å²) in [5.74, 6) is 0.0327. The number of urea groups is 1. The Morgan fingerprint density at radius 3 is 2.34 bits per heavy atom. The number of aromatic amines is 1. The highest BCUT2D eigenvalue weighted by Gasteiger charge is 2.49. The van der Waals surface area contributed by atoms with Crippen molar-refractivity contribution in [3.8, 4) is 0 Å². The Hall–Kier alpha value is -4.95. The van der Waals surface area contributed by atoms with Crippen LogP contribution in [0.25, 0.3) is 11.0 Å². The zero-order chi connectivity index (χ0) is 26.1. The molecule has 4 aromatic carbocycles. The van der Waals surface area contributed by atoms with E-state index in [-0.39, 0.29) is 18.4 Å². The fourth-order valence-corrected chi connectivity index (χ4v) is 4.89. The van der Waals surface area contributed by atoms with Gasteiger partial charge < -0.3 is 15.4 Å². The Bertz CT molecular complexity index is 1630. The average Bonchev–Trinajstić information content (AvgIpc) is 3.45. The second-order valence-electron chi connectivity index (χ2n) is 9.21. The first kappa shape index (κ1) is 23.4. The minimum Gasteiger partial charge on any atom is -0.363 e. The molecule has 188 valence electrons. The molecule has 0 saturated heterocycles. The van der Waals surface area contributed by atoms with Crippen molar-refractivity contribution in [3.05, 3.63) is 131 Å². The predicted molar refractivity (Wildman–Crippen MR) is 144 cm³/mol. The zero-order valence-electron chi connectivity index (χ0n) is 20.4. The maximum Gasteiger partial charge on any atom is 0.321 e. The Morgan fingerprint density at radius 2 is 1.58 bits per heavy atom. The van der Waals surface area contributed by atoms with E-state index in [1.165, 1.54) is 4.90 Å². The number of anilines is 1. The molecule has 0 saturated carbocycles. The quantitative estimate of drug-likeness (QED) is 0.268. The van der Waals surface area contributed by atoms with Crippen LogP contribution in [0.3, 0.4) is 0 Å². The van der Waals surface area contributed by atoms with Gasteiger partial charge in [0.05, 0.1) is 11.0 Å². The van der Waals surface area contributed by atoms with E-state index >= 15 is 0 Å². The number of imidazole rings is 1. The van der Waals surface area contributed by atoms with Gasteiger partial charge in [0, 0.05) is 29.8 Å². The molecule has 0 radical (unpaired) electrons. The number of amides is 3. The number of carbonyl (C=O) groups is 2. The van der Waals surface area contributed by atoms with Crippen LogP contribution in [0.2, 0.25) is 0 Å². The molecule has 1 unspecified atom stereocenters. The van der Waals surface area contributed by atoms with Crippen LogP contribution in [-0.2, 0) is 18.8 Å². The van der Waals surface area contributed by atoms with Gasteiger partial charge in [0.2, 0.25) is 5.95 Å². The first-order valence-corrected chi connectivity index (χ1v) is 12.3. The Kier molecular flexibility index (Phi) is 5.86. The van der Waals surface area contributed by atoms with Crippen LogP contribution in [0.4, 0.5) is 10.7 Å². The van der Waals surface area contributed by atoms with Gasteiger partial charge in [0.25, 0.3) is 5.91 Å². The molecule has 0 aliphatic carbocycles. The normalized spacial score (nSPS) is 16.4. The first-order chi connectivity index (χ1) is 18.5. The summed E-state index contributed by atoms with van der Waals surface area (Å²) in [6.07, 6.45) is 0. The third-order valence-electron chi connectivity index (χ3n) is 6.77. The van der Waals surface area contributed by atoms with Crippen LogP contribution >= 0.6 is 0 Å². The van der Waals surface area contributed by atoms with Crippen LogP contribution < -0.4 is 10.6 Å². The van der Waals surface area contributed by atoms with Gasteiger partial charge in [-0.15, -0.1) is 0 Å². The van der Waals surface area contributed by atoms with Crippen molar-refractivity contribution in [1.82, 2.24) is 20.2 Å². The lowest BCUT2D eigenvalue weighted by Crippen LogP contribution is -2.44. The van der Waals surface area contributed by atoms with Gasteiger partial charge in [-0.25, -0.2) is 9.78 Å². The second-order valence-corrected chi connectivity index (χ2v) is 9.21. The summed E-state index contributed by atoms with van der Waals surface area (Å²) < 4.78 is 0. The molecule has 1 aliphatic heterocycles. The monoisotopic (exact) mass is 503 g/mol. The highest BCUT2D eigenvalue weighted by molar-refractivity contribution is 6.00. The number of hydrogen-bond acceptors (Lipinski definition) is 4. The predicted octanol–water partition coefficient (Wildman–Crippen LogP) is 4.73. The molecule has 0 fully saturated rings. The lowest BCUT2D eigenvalue weighted by Gasteiger charge is -2.35. The maximum atomic E-state index is 13.4. The molecule has 8 nitrogen and oxygen atoms in total. The molecule has 4 N–H and O–H groups in total. The molecular weight excluding hydrogens is 478 g/mol. The summed E-state index contributed by atoms with van der Waals surface area (Å²) in [6.45, 7) is 0.618. The summed E-state index contributed by atoms with van der Waals surface area (Å²) in [6, 6.07) is 31.2. The van der Waals surface area contributed by atoms with E-state index in [4.69, 9.17) is 0 Å². The van der Waals surface area contributed by atoms with Crippen molar-refractivity contribution >= 4 is 28.9 Å². The van der Waals surface area contributed by atoms with Gasteiger partial charge in [0.15, 0.2) is 5.72 Å². The van der Waals surface area contributed by atoms with Gasteiger partial charge in [-0.05, 0) is 29.3 Å². The summed E-state index contributed by atoms with van der Waals surface area (Å²) in [5.41, 5.74) is 2.93. The van der Waals surface area contributed by atoms with E-state index in [1.807, 2.05) is 66.7 Å². The van der Waals surface area contributed by atoms with E-state index in [2.05, 4.69) is 20.6 Å². The molecule has 1 aliphatic rings. The Morgan fingerprint density at radius 1 is 0.895 bits per heavy atom. The molecular formula is C30H25N5O3. The molecule has 8 heteroatoms. The van der Waals surface area contributed by atoms with Crippen molar-refractivity contribution in [2.75, 3.05) is 5.32 Å². The molecule has 3 amide bonds. The maximum absolute atomic E-state index is 13.4. The van der Waals surface area contributed by atoms with E-state index in [9.17, 15) is 14.7 Å². The van der Waals surface area contributed by atoms with E-state index in [0.717, 1.165) is 11.1 Å². The lowest BCUT2D eigenvalue weighted by atomic mass is 9.93. The number of rotatable bonds is 6. The molecule has 5 aromatic rings. The van der Waals surface area contributed by atoms with Crippen molar-refractivity contribution in [2.24, 2.45) is 0 Å². The van der Waals surface area contributed by atoms with Crippen LogP contribution in [0.1, 0.15) is 32.6 Å². The smallest absolute Gasteiger partial charge is 0.321 e. The van der Waals surface area contributed by atoms with E-state index in [0.29, 0.717) is 34.3 Å². The number of H-pyrrole nitrogens is 1. The average molecular weight is 504 g/mol. The van der Waals surface area contributed by atoms with Crippen molar-refractivity contribution in [2.45, 2.75) is 18.8 Å². The molecule has 6 rings (SSSR count). The van der Waals surface area contributed by atoms with Gasteiger partial charge in [-0.2, -0.15) is 0 Å². The van der Waals surface area contributed by atoms with Gasteiger partial charge in [0.1, 0.15) is 0 Å². The highest BCUT2D eigenvalue weighted by Crippen LogP contribution is 2.43. The number of nitrogens with one attached hydrogen (secondary N) is 3. The zero-order valence-corrected chi connectivity index (χ0v) is 20.4. The molecule has 0 spiro atoms. The number of aliphatic hydroxyl groups is 1. The first-order valence-electron chi connectivity index (χ1n) is 12.3. The van der Waals surface area contributed by atoms with E-state index in [1.54, 1.807) is 36.4 Å². The number of nitrogens with zero attached hydrogens (tertiary/aromatic N) is 2. The topological polar surface area (TPSA) is 110 Å². The molecule has 38 heavy (non-hydrogen) atoms. The summed E-state index contributed by atoms with van der Waals surface area (Å²) in [5, 5.41) is 17.7. The summed E-state index contributed by atoms with van der Waals surface area (Å²) >= 11 is 0. The Balaban J connectivity index is 1.30. The highest BCUT2D eigenvalue weighted by atomic mass is 16.3. The third kappa shape index (κ3) is 4.16. The fraction of sp³-hybridized carbons (Fsp3) is 0.100. The van der Waals surface area contributed by atoms with Gasteiger partial charge in [-0.3, -0.25) is 15.0 Å².